The number of hydrogen-bond donors (Lipinski definition) is 2. The summed E-state index contributed by atoms with van der Waals surface area (Å²) in [5, 5.41) is 11.8. The summed E-state index contributed by atoms with van der Waals surface area (Å²) in [5.74, 6) is -1.23. The number of nitrogens with one attached hydrogen (secondary N) is 1. The average Bonchev–Trinajstić information content (AvgIpc) is 2.42. The molecule has 0 saturated carbocycles. The highest BCUT2D eigenvalue weighted by Crippen LogP contribution is 2.11. The maximum atomic E-state index is 13.6. The van der Waals surface area contributed by atoms with Crippen LogP contribution in [0.4, 0.5) is 4.39 Å². The highest BCUT2D eigenvalue weighted by Gasteiger charge is 2.11. The first-order valence-corrected chi connectivity index (χ1v) is 6.37. The lowest BCUT2D eigenvalue weighted by Crippen LogP contribution is -2.15. The van der Waals surface area contributed by atoms with E-state index in [0.29, 0.717) is 6.54 Å². The van der Waals surface area contributed by atoms with Gasteiger partial charge in [-0.2, -0.15) is 0 Å². The minimum atomic E-state index is -0.666. The number of benzene rings is 1. The number of rotatable bonds is 8. The second kappa shape index (κ2) is 8.61. The fourth-order valence-electron chi connectivity index (χ4n) is 1.72. The Balaban J connectivity index is 2.39. The van der Waals surface area contributed by atoms with E-state index in [1.807, 2.05) is 0 Å². The molecule has 2 N–H and O–H groups in total. The van der Waals surface area contributed by atoms with E-state index in [2.05, 4.69) is 10.1 Å². The third-order valence-corrected chi connectivity index (χ3v) is 2.78. The van der Waals surface area contributed by atoms with Crippen molar-refractivity contribution in [1.29, 1.82) is 0 Å². The molecule has 0 bridgehead atoms. The minimum Gasteiger partial charge on any atom is -0.465 e. The number of aliphatic hydroxyl groups is 1. The molecule has 19 heavy (non-hydrogen) atoms. The number of hydrogen-bond acceptors (Lipinski definition) is 4. The van der Waals surface area contributed by atoms with Crippen LogP contribution in [0, 0.1) is 5.82 Å². The largest absolute Gasteiger partial charge is 0.465 e. The summed E-state index contributed by atoms with van der Waals surface area (Å²) >= 11 is 0. The smallest absolute Gasteiger partial charge is 0.340 e. The number of aliphatic hydroxyl groups excluding tert-OH is 1. The van der Waals surface area contributed by atoms with Gasteiger partial charge < -0.3 is 15.2 Å². The minimum absolute atomic E-state index is 0.0470. The lowest BCUT2D eigenvalue weighted by molar-refractivity contribution is 0.0595. The molecule has 0 saturated heterocycles. The van der Waals surface area contributed by atoms with Gasteiger partial charge in [0.2, 0.25) is 0 Å². The molecule has 0 aliphatic carbocycles. The van der Waals surface area contributed by atoms with E-state index in [0.717, 1.165) is 31.4 Å². The van der Waals surface area contributed by atoms with Crippen molar-refractivity contribution in [2.24, 2.45) is 0 Å². The second-order valence-electron chi connectivity index (χ2n) is 4.27. The van der Waals surface area contributed by atoms with Crippen LogP contribution in [0.3, 0.4) is 0 Å². The van der Waals surface area contributed by atoms with Crippen molar-refractivity contribution >= 4 is 5.97 Å². The number of unbranched alkanes of at least 4 members (excludes halogenated alkanes) is 2. The molecule has 106 valence electrons. The van der Waals surface area contributed by atoms with Gasteiger partial charge in [0.05, 0.1) is 12.7 Å². The van der Waals surface area contributed by atoms with Crippen molar-refractivity contribution in [3.63, 3.8) is 0 Å². The summed E-state index contributed by atoms with van der Waals surface area (Å²) in [6.45, 7) is 1.60. The summed E-state index contributed by atoms with van der Waals surface area (Å²) in [4.78, 5) is 11.2. The molecule has 1 rings (SSSR count). The molecule has 0 fully saturated rings. The zero-order valence-corrected chi connectivity index (χ0v) is 11.1. The van der Waals surface area contributed by atoms with Crippen LogP contribution < -0.4 is 5.32 Å². The van der Waals surface area contributed by atoms with E-state index in [1.54, 1.807) is 6.07 Å². The summed E-state index contributed by atoms with van der Waals surface area (Å²) < 4.78 is 18.1. The molecular formula is C14H20FNO3. The monoisotopic (exact) mass is 269 g/mol. The molecule has 5 heteroatoms. The summed E-state index contributed by atoms with van der Waals surface area (Å²) in [5.41, 5.74) is 0.738. The number of esters is 1. The highest BCUT2D eigenvalue weighted by atomic mass is 19.1. The SMILES string of the molecule is COC(=O)c1ccc(CNCCCCCO)cc1F. The fourth-order valence-corrected chi connectivity index (χ4v) is 1.72. The average molecular weight is 269 g/mol. The van der Waals surface area contributed by atoms with E-state index in [9.17, 15) is 9.18 Å². The Bertz CT molecular complexity index is 410. The normalized spacial score (nSPS) is 10.5. The molecule has 4 nitrogen and oxygen atoms in total. The van der Waals surface area contributed by atoms with Crippen molar-refractivity contribution in [3.05, 3.63) is 35.1 Å². The number of carbonyl (C=O) groups excluding carboxylic acids is 1. The number of ether oxygens (including phenoxy) is 1. The standard InChI is InChI=1S/C14H20FNO3/c1-19-14(18)12-6-5-11(9-13(12)15)10-16-7-3-2-4-8-17/h5-6,9,16-17H,2-4,7-8,10H2,1H3. The summed E-state index contributed by atoms with van der Waals surface area (Å²) in [7, 11) is 1.23. The lowest BCUT2D eigenvalue weighted by Gasteiger charge is -2.06. The van der Waals surface area contributed by atoms with Gasteiger partial charge in [0, 0.05) is 13.2 Å². The first kappa shape index (κ1) is 15.6. The highest BCUT2D eigenvalue weighted by molar-refractivity contribution is 5.89. The summed E-state index contributed by atoms with van der Waals surface area (Å²) in [6.07, 6.45) is 2.76. The predicted molar refractivity (Wildman–Crippen MR) is 70.4 cm³/mol. The molecule has 0 aromatic heterocycles. The van der Waals surface area contributed by atoms with Gasteiger partial charge in [0.25, 0.3) is 0 Å². The molecule has 1 aromatic carbocycles. The Labute approximate surface area is 112 Å². The van der Waals surface area contributed by atoms with Crippen LogP contribution in [0.1, 0.15) is 35.2 Å². The van der Waals surface area contributed by atoms with Crippen LogP contribution in [0.2, 0.25) is 0 Å². The maximum absolute atomic E-state index is 13.6. The predicted octanol–water partition coefficient (Wildman–Crippen LogP) is 1.86. The van der Waals surface area contributed by atoms with Gasteiger partial charge >= 0.3 is 5.97 Å². The van der Waals surface area contributed by atoms with Gasteiger partial charge in [0.1, 0.15) is 5.82 Å². The van der Waals surface area contributed by atoms with Crippen molar-refractivity contribution < 1.29 is 19.0 Å². The molecule has 0 radical (unpaired) electrons. The van der Waals surface area contributed by atoms with Crippen molar-refractivity contribution in [1.82, 2.24) is 5.32 Å². The van der Waals surface area contributed by atoms with Crippen molar-refractivity contribution in [2.45, 2.75) is 25.8 Å². The van der Waals surface area contributed by atoms with Crippen LogP contribution in [-0.2, 0) is 11.3 Å². The topological polar surface area (TPSA) is 58.6 Å². The molecular weight excluding hydrogens is 249 g/mol. The zero-order chi connectivity index (χ0) is 14.1. The Morgan fingerprint density at radius 2 is 2.16 bits per heavy atom. The third-order valence-electron chi connectivity index (χ3n) is 2.78. The molecule has 0 aliphatic heterocycles. The lowest BCUT2D eigenvalue weighted by atomic mass is 10.1. The van der Waals surface area contributed by atoms with E-state index < -0.39 is 11.8 Å². The molecule has 0 atom stereocenters. The van der Waals surface area contributed by atoms with E-state index in [4.69, 9.17) is 5.11 Å². The maximum Gasteiger partial charge on any atom is 0.340 e. The zero-order valence-electron chi connectivity index (χ0n) is 11.1. The van der Waals surface area contributed by atoms with Crippen molar-refractivity contribution in [2.75, 3.05) is 20.3 Å². The van der Waals surface area contributed by atoms with Crippen LogP contribution in [0.5, 0.6) is 0 Å². The Morgan fingerprint density at radius 3 is 2.79 bits per heavy atom. The third kappa shape index (κ3) is 5.36. The van der Waals surface area contributed by atoms with Gasteiger partial charge in [-0.1, -0.05) is 6.07 Å². The van der Waals surface area contributed by atoms with Gasteiger partial charge in [-0.25, -0.2) is 9.18 Å². The Hall–Kier alpha value is -1.46. The molecule has 0 aliphatic rings. The molecule has 1 aromatic rings. The Kier molecular flexibility index (Phi) is 7.07. The molecule has 0 amide bonds. The van der Waals surface area contributed by atoms with Gasteiger partial charge in [-0.3, -0.25) is 0 Å². The number of halogens is 1. The van der Waals surface area contributed by atoms with Crippen molar-refractivity contribution in [3.8, 4) is 0 Å². The van der Waals surface area contributed by atoms with Gasteiger partial charge in [0.15, 0.2) is 0 Å². The van der Waals surface area contributed by atoms with E-state index >= 15 is 0 Å². The fraction of sp³-hybridized carbons (Fsp3) is 0.500. The molecule has 0 spiro atoms. The van der Waals surface area contributed by atoms with Gasteiger partial charge in [-0.15, -0.1) is 0 Å². The van der Waals surface area contributed by atoms with E-state index in [1.165, 1.54) is 19.2 Å². The van der Waals surface area contributed by atoms with Crippen LogP contribution in [-0.4, -0.2) is 31.3 Å². The summed E-state index contributed by atoms with van der Waals surface area (Å²) in [6, 6.07) is 4.48. The molecule has 0 heterocycles. The number of carbonyl (C=O) groups is 1. The Morgan fingerprint density at radius 1 is 1.37 bits per heavy atom. The number of methoxy groups -OCH3 is 1. The van der Waals surface area contributed by atoms with E-state index in [-0.39, 0.29) is 12.2 Å². The molecule has 0 unspecified atom stereocenters. The van der Waals surface area contributed by atoms with Crippen LogP contribution in [0.15, 0.2) is 18.2 Å². The van der Waals surface area contributed by atoms with Crippen LogP contribution >= 0.6 is 0 Å². The van der Waals surface area contributed by atoms with Crippen LogP contribution in [0.25, 0.3) is 0 Å². The van der Waals surface area contributed by atoms with Gasteiger partial charge in [-0.05, 0) is 43.5 Å². The second-order valence-corrected chi connectivity index (χ2v) is 4.27. The quantitative estimate of drug-likeness (QED) is 0.558. The first-order chi connectivity index (χ1) is 9.19. The first-order valence-electron chi connectivity index (χ1n) is 6.37.